The molecule has 3 N–H and O–H groups in total. The number of hydrogen-bond acceptors (Lipinski definition) is 4. The van der Waals surface area contributed by atoms with Gasteiger partial charge < -0.3 is 19.7 Å². The first kappa shape index (κ1) is 21.2. The van der Waals surface area contributed by atoms with Crippen molar-refractivity contribution in [2.45, 2.75) is 52.1 Å². The number of phenolic OH excluding ortho intramolecular Hbond substituents is 2. The highest BCUT2D eigenvalue weighted by Gasteiger charge is 2.36. The summed E-state index contributed by atoms with van der Waals surface area (Å²) in [7, 11) is -1.66. The molecule has 5 heteroatoms. The molecule has 4 nitrogen and oxygen atoms in total. The van der Waals surface area contributed by atoms with Gasteiger partial charge in [0.1, 0.15) is 11.5 Å². The van der Waals surface area contributed by atoms with Crippen molar-refractivity contribution in [3.05, 3.63) is 59.7 Å². The van der Waals surface area contributed by atoms with E-state index in [0.717, 1.165) is 11.1 Å². The first-order chi connectivity index (χ1) is 11.5. The van der Waals surface area contributed by atoms with Gasteiger partial charge in [-0.05, 0) is 53.5 Å². The number of benzene rings is 2. The Bertz CT molecular complexity index is 628. The highest BCUT2D eigenvalue weighted by molar-refractivity contribution is 6.74. The van der Waals surface area contributed by atoms with Gasteiger partial charge in [0.15, 0.2) is 8.32 Å². The first-order valence-corrected chi connectivity index (χ1v) is 11.3. The molecule has 0 saturated carbocycles. The van der Waals surface area contributed by atoms with Crippen LogP contribution in [0.5, 0.6) is 11.5 Å². The summed E-state index contributed by atoms with van der Waals surface area (Å²) in [5, 5.41) is 26.7. The van der Waals surface area contributed by atoms with Gasteiger partial charge in [-0.3, -0.25) is 0 Å². The zero-order valence-corrected chi connectivity index (χ0v) is 16.8. The fraction of sp³-hybridized carbons (Fsp3) is 0.400. The van der Waals surface area contributed by atoms with E-state index >= 15 is 0 Å². The van der Waals surface area contributed by atoms with Gasteiger partial charge in [-0.15, -0.1) is 0 Å². The molecule has 138 valence electrons. The van der Waals surface area contributed by atoms with Crippen LogP contribution in [0.1, 0.15) is 31.9 Å². The van der Waals surface area contributed by atoms with Crippen LogP contribution < -0.4 is 0 Å². The van der Waals surface area contributed by atoms with E-state index in [-0.39, 0.29) is 17.4 Å². The summed E-state index contributed by atoms with van der Waals surface area (Å²) in [5.41, 5.74) is 1.93. The fourth-order valence-electron chi connectivity index (χ4n) is 1.67. The molecule has 0 aliphatic carbocycles. The van der Waals surface area contributed by atoms with Crippen molar-refractivity contribution in [3.8, 4) is 11.5 Å². The largest absolute Gasteiger partial charge is 0.508 e. The van der Waals surface area contributed by atoms with Crippen molar-refractivity contribution < 1.29 is 19.7 Å². The van der Waals surface area contributed by atoms with E-state index < -0.39 is 8.32 Å². The zero-order chi connectivity index (χ0) is 19.1. The lowest BCUT2D eigenvalue weighted by molar-refractivity contribution is 0.276. The molecule has 0 aliphatic heterocycles. The maximum Gasteiger partial charge on any atom is 0.192 e. The van der Waals surface area contributed by atoms with E-state index in [4.69, 9.17) is 14.6 Å². The quantitative estimate of drug-likeness (QED) is 0.683. The number of rotatable bonds is 4. The third kappa shape index (κ3) is 7.30. The van der Waals surface area contributed by atoms with Gasteiger partial charge in [0.05, 0.1) is 13.2 Å². The van der Waals surface area contributed by atoms with E-state index in [1.165, 1.54) is 0 Å². The van der Waals surface area contributed by atoms with Gasteiger partial charge in [0.2, 0.25) is 0 Å². The minimum Gasteiger partial charge on any atom is -0.508 e. The summed E-state index contributed by atoms with van der Waals surface area (Å²) >= 11 is 0. The minimum atomic E-state index is -1.66. The van der Waals surface area contributed by atoms with Gasteiger partial charge in [-0.25, -0.2) is 0 Å². The number of aliphatic hydroxyl groups is 1. The van der Waals surface area contributed by atoms with Crippen molar-refractivity contribution in [2.24, 2.45) is 0 Å². The van der Waals surface area contributed by atoms with E-state index in [9.17, 15) is 5.11 Å². The van der Waals surface area contributed by atoms with E-state index in [1.807, 2.05) is 12.1 Å². The monoisotopic (exact) mass is 362 g/mol. The lowest BCUT2D eigenvalue weighted by Crippen LogP contribution is -2.40. The smallest absolute Gasteiger partial charge is 0.192 e. The maximum absolute atomic E-state index is 9.18. The van der Waals surface area contributed by atoms with Crippen LogP contribution in [0.3, 0.4) is 0 Å². The maximum atomic E-state index is 9.18. The van der Waals surface area contributed by atoms with Crippen molar-refractivity contribution in [3.63, 3.8) is 0 Å². The molecule has 0 saturated heterocycles. The Labute approximate surface area is 151 Å². The SMILES string of the molecule is CC(C)(C)[Si](C)(C)OCc1ccc(O)cc1.OCc1ccc(O)cc1. The van der Waals surface area contributed by atoms with Crippen LogP contribution >= 0.6 is 0 Å². The van der Waals surface area contributed by atoms with Crippen LogP contribution in [0.15, 0.2) is 48.5 Å². The summed E-state index contributed by atoms with van der Waals surface area (Å²) in [6, 6.07) is 13.7. The summed E-state index contributed by atoms with van der Waals surface area (Å²) in [6.07, 6.45) is 0. The molecule has 0 fully saturated rings. The molecular formula is C20H30O4Si. The fourth-order valence-corrected chi connectivity index (χ4v) is 2.63. The number of phenols is 2. The van der Waals surface area contributed by atoms with Crippen LogP contribution in [0.2, 0.25) is 18.1 Å². The standard InChI is InChI=1S/C13H22O2Si.C7H8O2/c1-13(2,3)16(4,5)15-10-11-6-8-12(14)9-7-11;8-5-6-1-3-7(9)4-2-6/h6-9,14H,10H2,1-5H3;1-4,8-9H,5H2. The molecule has 0 atom stereocenters. The molecule has 0 unspecified atom stereocenters. The first-order valence-electron chi connectivity index (χ1n) is 8.36. The van der Waals surface area contributed by atoms with E-state index in [2.05, 4.69) is 33.9 Å². The van der Waals surface area contributed by atoms with Crippen molar-refractivity contribution in [1.82, 2.24) is 0 Å². The molecule has 25 heavy (non-hydrogen) atoms. The second kappa shape index (κ2) is 9.04. The second-order valence-corrected chi connectivity index (χ2v) is 12.3. The molecule has 2 rings (SSSR count). The number of aliphatic hydroxyl groups excluding tert-OH is 1. The molecule has 0 radical (unpaired) electrons. The Kier molecular flexibility index (Phi) is 7.67. The summed E-state index contributed by atoms with van der Waals surface area (Å²) < 4.78 is 6.08. The minimum absolute atomic E-state index is 0.0281. The third-order valence-electron chi connectivity index (χ3n) is 4.46. The third-order valence-corrected chi connectivity index (χ3v) is 8.94. The number of aromatic hydroxyl groups is 2. The highest BCUT2D eigenvalue weighted by Crippen LogP contribution is 2.37. The summed E-state index contributed by atoms with van der Waals surface area (Å²) in [5.74, 6) is 0.531. The van der Waals surface area contributed by atoms with Crippen LogP contribution in [0.25, 0.3) is 0 Å². The van der Waals surface area contributed by atoms with E-state index in [1.54, 1.807) is 36.4 Å². The lowest BCUT2D eigenvalue weighted by atomic mass is 10.2. The van der Waals surface area contributed by atoms with Crippen LogP contribution in [0, 0.1) is 0 Å². The van der Waals surface area contributed by atoms with Gasteiger partial charge >= 0.3 is 0 Å². The summed E-state index contributed by atoms with van der Waals surface area (Å²) in [4.78, 5) is 0. The number of hydrogen-bond donors (Lipinski definition) is 3. The summed E-state index contributed by atoms with van der Waals surface area (Å²) in [6.45, 7) is 11.8. The van der Waals surface area contributed by atoms with Crippen LogP contribution in [-0.2, 0) is 17.6 Å². The van der Waals surface area contributed by atoms with Gasteiger partial charge in [-0.1, -0.05) is 45.0 Å². The van der Waals surface area contributed by atoms with E-state index in [0.29, 0.717) is 12.4 Å². The van der Waals surface area contributed by atoms with Gasteiger partial charge in [0.25, 0.3) is 0 Å². The van der Waals surface area contributed by atoms with Crippen molar-refractivity contribution in [2.75, 3.05) is 0 Å². The Balaban J connectivity index is 0.000000293. The topological polar surface area (TPSA) is 69.9 Å². The Morgan fingerprint density at radius 3 is 1.56 bits per heavy atom. The Hall–Kier alpha value is -1.82. The average molecular weight is 363 g/mol. The molecule has 0 bridgehead atoms. The molecule has 0 heterocycles. The molecule has 2 aromatic rings. The average Bonchev–Trinajstić information content (AvgIpc) is 2.55. The lowest BCUT2D eigenvalue weighted by Gasteiger charge is -2.36. The van der Waals surface area contributed by atoms with Crippen LogP contribution in [0.4, 0.5) is 0 Å². The predicted octanol–water partition coefficient (Wildman–Crippen LogP) is 4.80. The predicted molar refractivity (Wildman–Crippen MR) is 104 cm³/mol. The van der Waals surface area contributed by atoms with Gasteiger partial charge in [-0.2, -0.15) is 0 Å². The van der Waals surface area contributed by atoms with Crippen LogP contribution in [-0.4, -0.2) is 23.6 Å². The second-order valence-electron chi connectivity index (χ2n) is 7.54. The molecule has 0 aromatic heterocycles. The molecule has 0 amide bonds. The Morgan fingerprint density at radius 1 is 0.800 bits per heavy atom. The molecular weight excluding hydrogens is 332 g/mol. The molecule has 0 spiro atoms. The van der Waals surface area contributed by atoms with Crippen molar-refractivity contribution >= 4 is 8.32 Å². The molecule has 2 aromatic carbocycles. The van der Waals surface area contributed by atoms with Gasteiger partial charge in [0, 0.05) is 0 Å². The Morgan fingerprint density at radius 2 is 1.20 bits per heavy atom. The zero-order valence-electron chi connectivity index (χ0n) is 15.8. The normalized spacial score (nSPS) is 11.6. The highest BCUT2D eigenvalue weighted by atomic mass is 28.4. The molecule has 0 aliphatic rings. The van der Waals surface area contributed by atoms with Crippen molar-refractivity contribution in [1.29, 1.82) is 0 Å².